The lowest BCUT2D eigenvalue weighted by atomic mass is 10.1. The molecule has 0 aliphatic heterocycles. The van der Waals surface area contributed by atoms with Crippen molar-refractivity contribution in [3.05, 3.63) is 56.9 Å². The maximum absolute atomic E-state index is 6.00. The Morgan fingerprint density at radius 2 is 2.10 bits per heavy atom. The summed E-state index contributed by atoms with van der Waals surface area (Å²) in [4.78, 5) is 4.71. The number of fused-ring (bicyclic) bond motifs is 1. The molecular weight excluding hydrogens is 288 g/mol. The van der Waals surface area contributed by atoms with Gasteiger partial charge in [0.2, 0.25) is 0 Å². The minimum absolute atomic E-state index is 0.769. The molecule has 3 aromatic rings. The third-order valence-corrected chi connectivity index (χ3v) is 4.75. The predicted octanol–water partition coefficient (Wildman–Crippen LogP) is 4.74. The number of aromatic amines is 1. The molecule has 0 fully saturated rings. The number of H-pyrrole nitrogens is 1. The van der Waals surface area contributed by atoms with Crippen LogP contribution in [-0.2, 0) is 19.5 Å². The van der Waals surface area contributed by atoms with E-state index in [1.807, 2.05) is 23.5 Å². The molecule has 0 bridgehead atoms. The van der Waals surface area contributed by atoms with Crippen LogP contribution in [0.25, 0.3) is 10.9 Å². The van der Waals surface area contributed by atoms with Crippen LogP contribution in [0.5, 0.6) is 0 Å². The molecule has 0 amide bonds. The van der Waals surface area contributed by atoms with Crippen LogP contribution in [0.15, 0.2) is 35.8 Å². The van der Waals surface area contributed by atoms with E-state index < -0.39 is 0 Å². The number of halogens is 1. The maximum Gasteiger partial charge on any atom is 0.0472 e. The van der Waals surface area contributed by atoms with E-state index in [2.05, 4.69) is 40.9 Å². The average Bonchev–Trinajstić information content (AvgIpc) is 3.05. The fraction of sp³-hybridized carbons (Fsp3) is 0.250. The van der Waals surface area contributed by atoms with Crippen molar-refractivity contribution < 1.29 is 0 Å². The largest absolute Gasteiger partial charge is 0.361 e. The molecule has 3 rings (SSSR count). The number of nitrogens with one attached hydrogen (secondary N) is 2. The van der Waals surface area contributed by atoms with Crippen LogP contribution < -0.4 is 5.32 Å². The number of aryl methyl sites for hydroxylation is 1. The molecule has 0 unspecified atom stereocenters. The molecule has 104 valence electrons. The van der Waals surface area contributed by atoms with Crippen molar-refractivity contribution in [3.63, 3.8) is 0 Å². The van der Waals surface area contributed by atoms with Crippen molar-refractivity contribution in [2.45, 2.75) is 26.4 Å². The summed E-state index contributed by atoms with van der Waals surface area (Å²) in [6.45, 7) is 4.00. The number of thiophene rings is 1. The monoisotopic (exact) mass is 304 g/mol. The number of rotatable bonds is 5. The second-order valence-electron chi connectivity index (χ2n) is 4.83. The molecular formula is C16H17ClN2S. The second kappa shape index (κ2) is 6.00. The number of hydrogen-bond acceptors (Lipinski definition) is 2. The van der Waals surface area contributed by atoms with Gasteiger partial charge in [0.15, 0.2) is 0 Å². The van der Waals surface area contributed by atoms with Gasteiger partial charge in [0.1, 0.15) is 0 Å². The van der Waals surface area contributed by atoms with Gasteiger partial charge >= 0.3 is 0 Å². The Bertz CT molecular complexity index is 714. The number of aromatic nitrogens is 1. The molecule has 0 saturated carbocycles. The van der Waals surface area contributed by atoms with Crippen LogP contribution in [0.1, 0.15) is 22.9 Å². The summed E-state index contributed by atoms with van der Waals surface area (Å²) in [7, 11) is 0. The molecule has 1 aromatic carbocycles. The van der Waals surface area contributed by atoms with E-state index in [1.54, 1.807) is 0 Å². The van der Waals surface area contributed by atoms with Gasteiger partial charge in [-0.1, -0.05) is 24.6 Å². The Morgan fingerprint density at radius 1 is 1.20 bits per heavy atom. The Labute approximate surface area is 127 Å². The van der Waals surface area contributed by atoms with Crippen molar-refractivity contribution >= 4 is 33.8 Å². The summed E-state index contributed by atoms with van der Waals surface area (Å²) in [5.74, 6) is 0. The average molecular weight is 305 g/mol. The molecule has 0 radical (unpaired) electrons. The van der Waals surface area contributed by atoms with Gasteiger partial charge in [-0.25, -0.2) is 0 Å². The van der Waals surface area contributed by atoms with Crippen molar-refractivity contribution in [2.75, 3.05) is 0 Å². The predicted molar refractivity (Wildman–Crippen MR) is 87.5 cm³/mol. The summed E-state index contributed by atoms with van der Waals surface area (Å²) in [5, 5.41) is 7.71. The van der Waals surface area contributed by atoms with Gasteiger partial charge in [0.05, 0.1) is 0 Å². The highest BCUT2D eigenvalue weighted by molar-refractivity contribution is 7.10. The highest BCUT2D eigenvalue weighted by atomic mass is 35.5. The van der Waals surface area contributed by atoms with Crippen molar-refractivity contribution in [2.24, 2.45) is 0 Å². The lowest BCUT2D eigenvalue weighted by Gasteiger charge is -2.04. The first kappa shape index (κ1) is 13.7. The van der Waals surface area contributed by atoms with E-state index in [0.717, 1.165) is 30.0 Å². The smallest absolute Gasteiger partial charge is 0.0472 e. The Hall–Kier alpha value is -1.29. The van der Waals surface area contributed by atoms with Crippen molar-refractivity contribution in [3.8, 4) is 0 Å². The summed E-state index contributed by atoms with van der Waals surface area (Å²) in [6, 6.07) is 8.20. The van der Waals surface area contributed by atoms with E-state index in [1.165, 1.54) is 21.4 Å². The molecule has 2 aromatic heterocycles. The summed E-state index contributed by atoms with van der Waals surface area (Å²) < 4.78 is 0. The Balaban J connectivity index is 1.68. The van der Waals surface area contributed by atoms with Crippen LogP contribution in [0.4, 0.5) is 0 Å². The number of hydrogen-bond donors (Lipinski definition) is 2. The minimum atomic E-state index is 0.769. The molecule has 20 heavy (non-hydrogen) atoms. The van der Waals surface area contributed by atoms with E-state index in [0.29, 0.717) is 0 Å². The zero-order valence-electron chi connectivity index (χ0n) is 11.4. The van der Waals surface area contributed by atoms with Crippen molar-refractivity contribution in [1.29, 1.82) is 0 Å². The molecule has 0 saturated heterocycles. The van der Waals surface area contributed by atoms with Crippen LogP contribution in [0, 0.1) is 0 Å². The zero-order valence-corrected chi connectivity index (χ0v) is 12.9. The first-order chi connectivity index (χ1) is 9.78. The van der Waals surface area contributed by atoms with Gasteiger partial charge in [-0.2, -0.15) is 0 Å². The van der Waals surface area contributed by atoms with Crippen LogP contribution in [-0.4, -0.2) is 4.98 Å². The molecule has 2 heterocycles. The molecule has 0 aliphatic rings. The van der Waals surface area contributed by atoms with E-state index in [-0.39, 0.29) is 0 Å². The number of benzene rings is 1. The van der Waals surface area contributed by atoms with Gasteiger partial charge in [0.25, 0.3) is 0 Å². The highest BCUT2D eigenvalue weighted by Gasteiger charge is 2.05. The summed E-state index contributed by atoms with van der Waals surface area (Å²) in [5.41, 5.74) is 3.83. The van der Waals surface area contributed by atoms with Gasteiger partial charge in [0, 0.05) is 40.1 Å². The third-order valence-electron chi connectivity index (χ3n) is 3.55. The van der Waals surface area contributed by atoms with Crippen LogP contribution in [0.2, 0.25) is 5.02 Å². The highest BCUT2D eigenvalue weighted by Crippen LogP contribution is 2.22. The SMILES string of the molecule is CCc1ccsc1CNCc1c[nH]c2cc(Cl)ccc12. The van der Waals surface area contributed by atoms with Gasteiger partial charge in [-0.3, -0.25) is 0 Å². The van der Waals surface area contributed by atoms with Crippen molar-refractivity contribution in [1.82, 2.24) is 10.3 Å². The lowest BCUT2D eigenvalue weighted by molar-refractivity contribution is 0.700. The van der Waals surface area contributed by atoms with E-state index in [9.17, 15) is 0 Å². The summed E-state index contributed by atoms with van der Waals surface area (Å²) >= 11 is 7.83. The summed E-state index contributed by atoms with van der Waals surface area (Å²) in [6.07, 6.45) is 3.16. The lowest BCUT2D eigenvalue weighted by Crippen LogP contribution is -2.12. The van der Waals surface area contributed by atoms with Gasteiger partial charge < -0.3 is 10.3 Å². The van der Waals surface area contributed by atoms with Crippen LogP contribution >= 0.6 is 22.9 Å². The Morgan fingerprint density at radius 3 is 2.95 bits per heavy atom. The van der Waals surface area contributed by atoms with E-state index >= 15 is 0 Å². The normalized spacial score (nSPS) is 11.3. The molecule has 0 spiro atoms. The van der Waals surface area contributed by atoms with E-state index in [4.69, 9.17) is 11.6 Å². The fourth-order valence-corrected chi connectivity index (χ4v) is 3.57. The molecule has 2 nitrogen and oxygen atoms in total. The first-order valence-corrected chi connectivity index (χ1v) is 8.05. The van der Waals surface area contributed by atoms with Gasteiger partial charge in [-0.15, -0.1) is 11.3 Å². The third kappa shape index (κ3) is 2.75. The minimum Gasteiger partial charge on any atom is -0.361 e. The van der Waals surface area contributed by atoms with Crippen LogP contribution in [0.3, 0.4) is 0 Å². The fourth-order valence-electron chi connectivity index (χ4n) is 2.45. The van der Waals surface area contributed by atoms with Gasteiger partial charge in [-0.05, 0) is 41.1 Å². The zero-order chi connectivity index (χ0) is 13.9. The topological polar surface area (TPSA) is 27.8 Å². The first-order valence-electron chi connectivity index (χ1n) is 6.79. The maximum atomic E-state index is 6.00. The quantitative estimate of drug-likeness (QED) is 0.700. The molecule has 0 aliphatic carbocycles. The molecule has 4 heteroatoms. The Kier molecular flexibility index (Phi) is 4.10. The standard InChI is InChI=1S/C16H17ClN2S/c1-2-11-5-6-20-16(11)10-18-8-12-9-19-15-7-13(17)3-4-14(12)15/h3-7,9,18-19H,2,8,10H2,1H3. The molecule has 2 N–H and O–H groups in total. The molecule has 0 atom stereocenters. The second-order valence-corrected chi connectivity index (χ2v) is 6.27.